The third kappa shape index (κ3) is 4.51. The molecule has 5 aliphatic rings. The number of benzene rings is 2. The molecular formula is C37H45N5O5. The minimum absolute atomic E-state index is 0.0558. The Labute approximate surface area is 275 Å². The van der Waals surface area contributed by atoms with Crippen LogP contribution in [-0.2, 0) is 37.5 Å². The van der Waals surface area contributed by atoms with Crippen molar-refractivity contribution in [1.29, 1.82) is 0 Å². The van der Waals surface area contributed by atoms with Crippen molar-refractivity contribution in [3.8, 4) is 0 Å². The maximum atomic E-state index is 14.3. The molecule has 4 saturated heterocycles. The van der Waals surface area contributed by atoms with Crippen molar-refractivity contribution in [1.82, 2.24) is 24.6 Å². The van der Waals surface area contributed by atoms with E-state index in [1.165, 1.54) is 33.9 Å². The molecule has 0 spiro atoms. The number of likely N-dealkylation sites (tertiary alicyclic amines) is 1. The lowest BCUT2D eigenvalue weighted by Crippen LogP contribution is -2.71. The van der Waals surface area contributed by atoms with Crippen LogP contribution in [0.2, 0.25) is 0 Å². The number of hydrogen-bond acceptors (Lipinski definition) is 6. The molecule has 1 aromatic heterocycles. The second kappa shape index (κ2) is 10.4. The molecule has 2 N–H and O–H groups in total. The summed E-state index contributed by atoms with van der Waals surface area (Å²) in [6.45, 7) is 9.23. The molecule has 3 amide bonds. The first-order valence-electron chi connectivity index (χ1n) is 17.1. The molecule has 5 heterocycles. The molecule has 0 saturated carbocycles. The molecule has 7 unspecified atom stereocenters. The van der Waals surface area contributed by atoms with Gasteiger partial charge in [0.05, 0.1) is 5.92 Å². The largest absolute Gasteiger partial charge is 0.347 e. The number of carbonyl (C=O) groups is 3. The minimum Gasteiger partial charge on any atom is -0.347 e. The van der Waals surface area contributed by atoms with E-state index in [-0.39, 0.29) is 35.7 Å². The van der Waals surface area contributed by atoms with Gasteiger partial charge in [0.15, 0.2) is 0 Å². The minimum atomic E-state index is -2.03. The van der Waals surface area contributed by atoms with E-state index in [1.807, 2.05) is 30.3 Å². The number of aromatic nitrogens is 1. The fraction of sp³-hybridized carbons (Fsp3) is 0.541. The zero-order valence-corrected chi connectivity index (χ0v) is 27.9. The number of rotatable bonds is 4. The maximum Gasteiger partial charge on any atom is 0.280 e. The van der Waals surface area contributed by atoms with E-state index in [4.69, 9.17) is 4.74 Å². The highest BCUT2D eigenvalue weighted by atomic mass is 16.7. The molecule has 4 aliphatic heterocycles. The third-order valence-electron chi connectivity index (χ3n) is 11.5. The lowest BCUT2D eigenvalue weighted by Gasteiger charge is -2.48. The van der Waals surface area contributed by atoms with Crippen LogP contribution in [0.15, 0.2) is 54.7 Å². The summed E-state index contributed by atoms with van der Waals surface area (Å²) in [6.07, 6.45) is 5.32. The Morgan fingerprint density at radius 1 is 1.11 bits per heavy atom. The van der Waals surface area contributed by atoms with Crippen molar-refractivity contribution in [2.45, 2.75) is 101 Å². The van der Waals surface area contributed by atoms with Crippen molar-refractivity contribution in [2.75, 3.05) is 20.1 Å². The highest BCUT2D eigenvalue weighted by Gasteiger charge is 2.70. The summed E-state index contributed by atoms with van der Waals surface area (Å²) in [5, 5.41) is 16.4. The molecule has 3 aromatic rings. The smallest absolute Gasteiger partial charge is 0.280 e. The Balaban J connectivity index is 1.08. The number of nitrogens with zero attached hydrogens (tertiary/aromatic N) is 4. The Kier molecular flexibility index (Phi) is 6.76. The number of likely N-dealkylation sites (N-methyl/N-ethyl adjacent to an activating group) is 1. The molecule has 10 nitrogen and oxygen atoms in total. The molecule has 1 aliphatic carbocycles. The number of piperidine rings is 1. The van der Waals surface area contributed by atoms with Crippen molar-refractivity contribution < 1.29 is 24.2 Å². The number of nitrogens with one attached hydrogen (secondary N) is 1. The van der Waals surface area contributed by atoms with Crippen molar-refractivity contribution >= 4 is 28.6 Å². The van der Waals surface area contributed by atoms with Crippen LogP contribution in [0.1, 0.15) is 69.6 Å². The summed E-state index contributed by atoms with van der Waals surface area (Å²) in [4.78, 5) is 47.4. The van der Waals surface area contributed by atoms with Crippen molar-refractivity contribution in [3.63, 3.8) is 0 Å². The third-order valence-corrected chi connectivity index (χ3v) is 11.5. The lowest BCUT2D eigenvalue weighted by molar-refractivity contribution is -0.315. The van der Waals surface area contributed by atoms with Gasteiger partial charge in [-0.05, 0) is 83.2 Å². The van der Waals surface area contributed by atoms with E-state index in [9.17, 15) is 19.5 Å². The van der Waals surface area contributed by atoms with Gasteiger partial charge in [-0.25, -0.2) is 0 Å². The first kappa shape index (κ1) is 30.6. The van der Waals surface area contributed by atoms with Crippen LogP contribution in [0.3, 0.4) is 0 Å². The van der Waals surface area contributed by atoms with Crippen molar-refractivity contribution in [3.05, 3.63) is 71.4 Å². The van der Waals surface area contributed by atoms with Crippen molar-refractivity contribution in [2.24, 2.45) is 5.92 Å². The van der Waals surface area contributed by atoms with Gasteiger partial charge < -0.3 is 24.8 Å². The van der Waals surface area contributed by atoms with E-state index in [0.717, 1.165) is 12.0 Å². The zero-order valence-electron chi connectivity index (χ0n) is 27.9. The van der Waals surface area contributed by atoms with Crippen LogP contribution in [0.5, 0.6) is 0 Å². The van der Waals surface area contributed by atoms with Crippen LogP contribution in [0.4, 0.5) is 0 Å². The van der Waals surface area contributed by atoms with E-state index >= 15 is 0 Å². The van der Waals surface area contributed by atoms with Gasteiger partial charge in [-0.1, -0.05) is 42.5 Å². The van der Waals surface area contributed by atoms with Gasteiger partial charge in [0.1, 0.15) is 12.1 Å². The SMILES string of the molecule is CN1CC(C(=O)NC2(C)OC3(O)C4CCCN4C(=O)C(Cc4ccccc4)N3C2=O)CC2c3cccc4c3c(cn4C(C)(C)C)CC21. The quantitative estimate of drug-likeness (QED) is 0.454. The first-order chi connectivity index (χ1) is 22.3. The van der Waals surface area contributed by atoms with E-state index in [1.54, 1.807) is 4.90 Å². The summed E-state index contributed by atoms with van der Waals surface area (Å²) >= 11 is 0. The van der Waals surface area contributed by atoms with Crippen LogP contribution in [0, 0.1) is 5.92 Å². The standard InChI is InChI=1S/C37H45N5O5/c1-35(2,3)41-21-23-19-28-26(25-13-9-14-27(41)31(23)25)18-24(20-39(28)5)32(43)38-36(4)34(45)42-29(17-22-11-7-6-8-12-22)33(44)40-16-10-15-30(40)37(42,46)47-36/h6-9,11-14,21,24,26,28-30,46H,10,15-20H2,1-5H3,(H,38,43). The van der Waals surface area contributed by atoms with Gasteiger partial charge in [0.2, 0.25) is 17.5 Å². The Hall–Kier alpha value is -3.73. The van der Waals surface area contributed by atoms with Gasteiger partial charge in [0.25, 0.3) is 11.8 Å². The Morgan fingerprint density at radius 2 is 1.87 bits per heavy atom. The molecule has 2 aromatic carbocycles. The number of ether oxygens (including phenoxy) is 1. The summed E-state index contributed by atoms with van der Waals surface area (Å²) in [5.74, 6) is -3.35. The van der Waals surface area contributed by atoms with E-state index < -0.39 is 35.5 Å². The highest BCUT2D eigenvalue weighted by Crippen LogP contribution is 2.48. The summed E-state index contributed by atoms with van der Waals surface area (Å²) < 4.78 is 8.66. The Bertz CT molecular complexity index is 1780. The Morgan fingerprint density at radius 3 is 2.62 bits per heavy atom. The summed E-state index contributed by atoms with van der Waals surface area (Å²) in [5.41, 5.74) is 2.85. The summed E-state index contributed by atoms with van der Waals surface area (Å²) in [6, 6.07) is 14.6. The molecule has 248 valence electrons. The normalized spacial score (nSPS) is 33.6. The monoisotopic (exact) mass is 639 g/mol. The molecule has 8 rings (SSSR count). The molecule has 0 radical (unpaired) electrons. The molecule has 47 heavy (non-hydrogen) atoms. The maximum absolute atomic E-state index is 14.3. The second-order valence-corrected chi connectivity index (χ2v) is 15.5. The fourth-order valence-corrected chi connectivity index (χ4v) is 9.31. The number of fused-ring (bicyclic) bond motifs is 5. The number of carbonyl (C=O) groups excluding carboxylic acids is 3. The number of hydrogen-bond donors (Lipinski definition) is 2. The molecule has 0 bridgehead atoms. The fourth-order valence-electron chi connectivity index (χ4n) is 9.31. The first-order valence-corrected chi connectivity index (χ1v) is 17.1. The van der Waals surface area contributed by atoms with Gasteiger partial charge in [-0.3, -0.25) is 24.0 Å². The predicted octanol–water partition coefficient (Wildman–Crippen LogP) is 3.31. The average molecular weight is 640 g/mol. The lowest BCUT2D eigenvalue weighted by atomic mass is 9.72. The van der Waals surface area contributed by atoms with Gasteiger partial charge in [-0.15, -0.1) is 0 Å². The predicted molar refractivity (Wildman–Crippen MR) is 176 cm³/mol. The second-order valence-electron chi connectivity index (χ2n) is 15.5. The average Bonchev–Trinajstić information content (AvgIpc) is 3.72. The zero-order chi connectivity index (χ0) is 33.0. The van der Waals surface area contributed by atoms with Gasteiger partial charge in [0, 0.05) is 54.1 Å². The number of amides is 3. The van der Waals surface area contributed by atoms with E-state index in [2.05, 4.69) is 67.0 Å². The molecule has 4 fully saturated rings. The topological polar surface area (TPSA) is 107 Å². The van der Waals surface area contributed by atoms with Gasteiger partial charge in [-0.2, -0.15) is 0 Å². The number of aliphatic hydroxyl groups is 1. The van der Waals surface area contributed by atoms with Crippen LogP contribution < -0.4 is 5.32 Å². The van der Waals surface area contributed by atoms with Gasteiger partial charge >= 0.3 is 0 Å². The highest BCUT2D eigenvalue weighted by molar-refractivity contribution is 5.97. The van der Waals surface area contributed by atoms with Crippen LogP contribution >= 0.6 is 0 Å². The number of piperazine rings is 1. The van der Waals surface area contributed by atoms with Crippen LogP contribution in [-0.4, -0.2) is 92.0 Å². The molecule has 7 atom stereocenters. The molecule has 10 heteroatoms. The summed E-state index contributed by atoms with van der Waals surface area (Å²) in [7, 11) is 2.08. The molecular weight excluding hydrogens is 594 g/mol. The van der Waals surface area contributed by atoms with Crippen LogP contribution in [0.25, 0.3) is 10.9 Å². The van der Waals surface area contributed by atoms with E-state index in [0.29, 0.717) is 32.4 Å².